The Labute approximate surface area is 92.9 Å². The Bertz CT molecular complexity index is 307. The lowest BCUT2D eigenvalue weighted by molar-refractivity contribution is -0.128. The van der Waals surface area contributed by atoms with Gasteiger partial charge in [-0.1, -0.05) is 38.1 Å². The van der Waals surface area contributed by atoms with Crippen molar-refractivity contribution in [2.24, 2.45) is 0 Å². The Morgan fingerprint density at radius 2 is 1.80 bits per heavy atom. The molecule has 15 heavy (non-hydrogen) atoms. The summed E-state index contributed by atoms with van der Waals surface area (Å²) in [4.78, 5) is 12.7. The Morgan fingerprint density at radius 3 is 2.27 bits per heavy atom. The fraction of sp³-hybridized carbons (Fsp3) is 0.462. The van der Waals surface area contributed by atoms with E-state index >= 15 is 0 Å². The molecule has 84 valence electrons. The van der Waals surface area contributed by atoms with Crippen molar-refractivity contribution in [1.82, 2.24) is 4.90 Å². The van der Waals surface area contributed by atoms with Gasteiger partial charge in [-0.2, -0.15) is 0 Å². The van der Waals surface area contributed by atoms with Crippen LogP contribution in [0, 0.1) is 6.92 Å². The van der Waals surface area contributed by atoms with Crippen LogP contribution >= 0.6 is 0 Å². The van der Waals surface area contributed by atoms with Gasteiger partial charge in [0.05, 0.1) is 0 Å². The summed E-state index contributed by atoms with van der Waals surface area (Å²) in [5.41, 5.74) is 2.44. The number of carbonyl (C=O) groups excluding carboxylic acids is 1. The van der Waals surface area contributed by atoms with Crippen LogP contribution < -0.4 is 0 Å². The highest BCUT2D eigenvalue weighted by Crippen LogP contribution is 2.09. The Balaban J connectivity index is 0.000000921. The normalized spacial score (nSPS) is 8.87. The van der Waals surface area contributed by atoms with E-state index in [9.17, 15) is 4.79 Å². The first-order chi connectivity index (χ1) is 7.11. The molecule has 0 aromatic heterocycles. The van der Waals surface area contributed by atoms with E-state index in [0.29, 0.717) is 6.54 Å². The monoisotopic (exact) mass is 207 g/mol. The van der Waals surface area contributed by atoms with E-state index < -0.39 is 0 Å². The van der Waals surface area contributed by atoms with Gasteiger partial charge < -0.3 is 4.90 Å². The predicted molar refractivity (Wildman–Crippen MR) is 64.7 cm³/mol. The van der Waals surface area contributed by atoms with Crippen LogP contribution in [0.5, 0.6) is 0 Å². The molecule has 2 heteroatoms. The van der Waals surface area contributed by atoms with Gasteiger partial charge in [-0.25, -0.2) is 0 Å². The van der Waals surface area contributed by atoms with E-state index in [4.69, 9.17) is 0 Å². The molecular formula is C13H21NO. The first-order valence-electron chi connectivity index (χ1n) is 5.37. The molecule has 0 saturated carbocycles. The second-order valence-electron chi connectivity index (χ2n) is 3.30. The summed E-state index contributed by atoms with van der Waals surface area (Å²) in [5, 5.41) is 0. The molecule has 0 fully saturated rings. The molecule has 0 spiro atoms. The van der Waals surface area contributed by atoms with Gasteiger partial charge in [0.25, 0.3) is 0 Å². The summed E-state index contributed by atoms with van der Waals surface area (Å²) in [5.74, 6) is 0.100. The summed E-state index contributed by atoms with van der Waals surface area (Å²) in [6, 6.07) is 8.11. The topological polar surface area (TPSA) is 20.3 Å². The quantitative estimate of drug-likeness (QED) is 0.730. The van der Waals surface area contributed by atoms with E-state index in [1.54, 1.807) is 11.8 Å². The molecule has 1 aromatic carbocycles. The second-order valence-corrected chi connectivity index (χ2v) is 3.30. The van der Waals surface area contributed by atoms with Gasteiger partial charge in [-0.15, -0.1) is 0 Å². The van der Waals surface area contributed by atoms with Crippen LogP contribution in [0.25, 0.3) is 0 Å². The number of rotatable bonds is 2. The highest BCUT2D eigenvalue weighted by molar-refractivity contribution is 5.72. The minimum atomic E-state index is 0.100. The molecule has 0 N–H and O–H groups in total. The third-order valence-electron chi connectivity index (χ3n) is 2.21. The number of carbonyl (C=O) groups is 1. The van der Waals surface area contributed by atoms with Crippen molar-refractivity contribution in [2.45, 2.75) is 34.2 Å². The fourth-order valence-electron chi connectivity index (χ4n) is 1.15. The molecule has 2 nitrogen and oxygen atoms in total. The van der Waals surface area contributed by atoms with Crippen molar-refractivity contribution in [3.05, 3.63) is 35.4 Å². The summed E-state index contributed by atoms with van der Waals surface area (Å²) in [7, 11) is 1.81. The summed E-state index contributed by atoms with van der Waals surface area (Å²) >= 11 is 0. The Hall–Kier alpha value is -1.31. The second kappa shape index (κ2) is 7.04. The van der Waals surface area contributed by atoms with Crippen LogP contribution in [-0.4, -0.2) is 17.9 Å². The van der Waals surface area contributed by atoms with E-state index in [-0.39, 0.29) is 5.91 Å². The molecule has 0 heterocycles. The highest BCUT2D eigenvalue weighted by atomic mass is 16.2. The minimum Gasteiger partial charge on any atom is -0.342 e. The molecule has 0 aliphatic heterocycles. The van der Waals surface area contributed by atoms with Crippen LogP contribution in [0.2, 0.25) is 0 Å². The Morgan fingerprint density at radius 1 is 1.27 bits per heavy atom. The van der Waals surface area contributed by atoms with Crippen molar-refractivity contribution in [1.29, 1.82) is 0 Å². The minimum absolute atomic E-state index is 0.100. The number of hydrogen-bond acceptors (Lipinski definition) is 1. The zero-order chi connectivity index (χ0) is 11.8. The van der Waals surface area contributed by atoms with Crippen molar-refractivity contribution in [3.63, 3.8) is 0 Å². The lowest BCUT2D eigenvalue weighted by Gasteiger charge is -2.15. The number of aryl methyl sites for hydroxylation is 1. The first kappa shape index (κ1) is 13.7. The zero-order valence-corrected chi connectivity index (χ0v) is 10.4. The van der Waals surface area contributed by atoms with Crippen molar-refractivity contribution in [2.75, 3.05) is 7.05 Å². The summed E-state index contributed by atoms with van der Waals surface area (Å²) in [6.45, 7) is 8.34. The zero-order valence-electron chi connectivity index (χ0n) is 10.4. The van der Waals surface area contributed by atoms with Gasteiger partial charge in [0, 0.05) is 20.5 Å². The molecule has 1 amide bonds. The third kappa shape index (κ3) is 4.63. The lowest BCUT2D eigenvalue weighted by atomic mass is 10.1. The highest BCUT2D eigenvalue weighted by Gasteiger charge is 2.04. The molecule has 1 aromatic rings. The van der Waals surface area contributed by atoms with Crippen LogP contribution in [0.4, 0.5) is 0 Å². The van der Waals surface area contributed by atoms with Crippen LogP contribution in [0.1, 0.15) is 31.9 Å². The molecule has 0 aliphatic rings. The van der Waals surface area contributed by atoms with E-state index in [2.05, 4.69) is 19.1 Å². The van der Waals surface area contributed by atoms with Gasteiger partial charge >= 0.3 is 0 Å². The summed E-state index contributed by atoms with van der Waals surface area (Å²) < 4.78 is 0. The summed E-state index contributed by atoms with van der Waals surface area (Å²) in [6.07, 6.45) is 0. The smallest absolute Gasteiger partial charge is 0.219 e. The van der Waals surface area contributed by atoms with E-state index in [1.807, 2.05) is 33.0 Å². The van der Waals surface area contributed by atoms with Crippen molar-refractivity contribution in [3.8, 4) is 0 Å². The molecule has 0 unspecified atom stereocenters. The standard InChI is InChI=1S/C11H15NO.C2H6/c1-9-6-4-5-7-11(9)8-12(3)10(2)13;1-2/h4-7H,8H2,1-3H3;1-2H3. The average molecular weight is 207 g/mol. The molecule has 0 saturated heterocycles. The number of hydrogen-bond donors (Lipinski definition) is 0. The van der Waals surface area contributed by atoms with Gasteiger partial charge in [0.15, 0.2) is 0 Å². The van der Waals surface area contributed by atoms with Gasteiger partial charge in [-0.3, -0.25) is 4.79 Å². The van der Waals surface area contributed by atoms with Crippen molar-refractivity contribution < 1.29 is 4.79 Å². The first-order valence-corrected chi connectivity index (χ1v) is 5.37. The van der Waals surface area contributed by atoms with E-state index in [0.717, 1.165) is 0 Å². The fourth-order valence-corrected chi connectivity index (χ4v) is 1.15. The van der Waals surface area contributed by atoms with Crippen LogP contribution in [0.3, 0.4) is 0 Å². The number of benzene rings is 1. The molecular weight excluding hydrogens is 186 g/mol. The largest absolute Gasteiger partial charge is 0.342 e. The van der Waals surface area contributed by atoms with Crippen LogP contribution in [0.15, 0.2) is 24.3 Å². The average Bonchev–Trinajstić information content (AvgIpc) is 2.24. The van der Waals surface area contributed by atoms with Crippen molar-refractivity contribution >= 4 is 5.91 Å². The molecule has 0 radical (unpaired) electrons. The van der Waals surface area contributed by atoms with Gasteiger partial charge in [0.2, 0.25) is 5.91 Å². The predicted octanol–water partition coefficient (Wildman–Crippen LogP) is 3.00. The van der Waals surface area contributed by atoms with Gasteiger partial charge in [-0.05, 0) is 18.1 Å². The maximum atomic E-state index is 11.0. The number of nitrogens with zero attached hydrogens (tertiary/aromatic N) is 1. The molecule has 0 atom stereocenters. The lowest BCUT2D eigenvalue weighted by Crippen LogP contribution is -2.23. The van der Waals surface area contributed by atoms with Gasteiger partial charge in [0.1, 0.15) is 0 Å². The molecule has 0 aliphatic carbocycles. The Kier molecular flexibility index (Phi) is 6.43. The molecule has 0 bridgehead atoms. The van der Waals surface area contributed by atoms with Crippen LogP contribution in [-0.2, 0) is 11.3 Å². The SMILES string of the molecule is CC.CC(=O)N(C)Cc1ccccc1C. The third-order valence-corrected chi connectivity index (χ3v) is 2.21. The van der Waals surface area contributed by atoms with E-state index in [1.165, 1.54) is 11.1 Å². The maximum absolute atomic E-state index is 11.0. The molecule has 1 rings (SSSR count). The number of amides is 1. The maximum Gasteiger partial charge on any atom is 0.219 e.